The van der Waals surface area contributed by atoms with Gasteiger partial charge >= 0.3 is 0 Å². The van der Waals surface area contributed by atoms with Gasteiger partial charge in [0.25, 0.3) is 10.5 Å². The van der Waals surface area contributed by atoms with Crippen LogP contribution in [0.15, 0.2) is 0 Å². The fraction of sp³-hybridized carbons (Fsp3) is 0.167. The van der Waals surface area contributed by atoms with Gasteiger partial charge in [0.2, 0.25) is 5.95 Å². The van der Waals surface area contributed by atoms with E-state index in [9.17, 15) is 14.0 Å². The highest BCUT2D eigenvalue weighted by Gasteiger charge is 2.24. The fourth-order valence-corrected chi connectivity index (χ4v) is 1.11. The second-order valence-electron chi connectivity index (χ2n) is 2.19. The van der Waals surface area contributed by atoms with Gasteiger partial charge in [0.1, 0.15) is 5.56 Å². The summed E-state index contributed by atoms with van der Waals surface area (Å²) in [6, 6.07) is 0. The van der Waals surface area contributed by atoms with E-state index >= 15 is 0 Å². The van der Waals surface area contributed by atoms with Crippen LogP contribution in [0.3, 0.4) is 0 Å². The molecule has 0 saturated heterocycles. The minimum Gasteiger partial charge on any atom is -0.275 e. The number of carbonyl (C=O) groups excluding carboxylic acids is 2. The maximum absolute atomic E-state index is 13.0. The van der Waals surface area contributed by atoms with E-state index in [1.54, 1.807) is 0 Å². The third-order valence-electron chi connectivity index (χ3n) is 1.36. The van der Waals surface area contributed by atoms with Crippen molar-refractivity contribution in [3.8, 4) is 0 Å². The molecule has 0 N–H and O–H groups in total. The number of aromatic nitrogens is 2. The second-order valence-corrected chi connectivity index (χ2v) is 2.87. The van der Waals surface area contributed by atoms with E-state index in [-0.39, 0.29) is 0 Å². The summed E-state index contributed by atoms with van der Waals surface area (Å²) in [4.78, 5) is 21.3. The normalized spacial score (nSPS) is 10.2. The van der Waals surface area contributed by atoms with Crippen LogP contribution in [0.25, 0.3) is 0 Å². The van der Waals surface area contributed by atoms with E-state index in [2.05, 4.69) is 5.10 Å². The van der Waals surface area contributed by atoms with Crippen LogP contribution in [0.1, 0.15) is 20.8 Å². The number of aryl methyl sites for hydroxylation is 1. The molecule has 0 aromatic carbocycles. The Labute approximate surface area is 82.2 Å². The molecule has 0 radical (unpaired) electrons. The van der Waals surface area contributed by atoms with Crippen molar-refractivity contribution in [3.05, 3.63) is 17.2 Å². The quantitative estimate of drug-likeness (QED) is 0.713. The number of rotatable bonds is 2. The molecule has 0 amide bonds. The number of halogens is 3. The zero-order valence-corrected chi connectivity index (χ0v) is 7.86. The first kappa shape index (κ1) is 10.1. The summed E-state index contributed by atoms with van der Waals surface area (Å²) >= 11 is 10.1. The molecule has 0 fully saturated rings. The molecule has 0 aliphatic carbocycles. The Morgan fingerprint density at radius 3 is 2.23 bits per heavy atom. The molecule has 0 bridgehead atoms. The molecule has 1 aromatic rings. The first-order valence-corrected chi connectivity index (χ1v) is 3.83. The Morgan fingerprint density at radius 1 is 1.38 bits per heavy atom. The van der Waals surface area contributed by atoms with Crippen LogP contribution >= 0.6 is 23.2 Å². The van der Waals surface area contributed by atoms with Crippen molar-refractivity contribution in [2.75, 3.05) is 0 Å². The molecule has 70 valence electrons. The number of nitrogens with zero attached hydrogens (tertiary/aromatic N) is 2. The summed E-state index contributed by atoms with van der Waals surface area (Å²) < 4.78 is 13.7. The van der Waals surface area contributed by atoms with Gasteiger partial charge in [-0.05, 0) is 23.2 Å². The van der Waals surface area contributed by atoms with Gasteiger partial charge in [-0.15, -0.1) is 0 Å². The SMILES string of the molecule is Cn1nc(C(=O)Cl)c(C(=O)Cl)c1F. The molecular formula is C6H3Cl2FN2O2. The van der Waals surface area contributed by atoms with E-state index in [0.29, 0.717) is 4.68 Å². The van der Waals surface area contributed by atoms with Crippen molar-refractivity contribution in [3.63, 3.8) is 0 Å². The molecule has 13 heavy (non-hydrogen) atoms. The molecule has 1 aromatic heterocycles. The molecule has 0 atom stereocenters. The Hall–Kier alpha value is -0.940. The lowest BCUT2D eigenvalue weighted by molar-refractivity contribution is 0.104. The van der Waals surface area contributed by atoms with Crippen molar-refractivity contribution in [1.82, 2.24) is 9.78 Å². The fourth-order valence-electron chi connectivity index (χ4n) is 0.815. The second kappa shape index (κ2) is 3.43. The first-order chi connectivity index (χ1) is 5.95. The highest BCUT2D eigenvalue weighted by atomic mass is 35.5. The molecule has 0 spiro atoms. The van der Waals surface area contributed by atoms with Gasteiger partial charge in [-0.1, -0.05) is 0 Å². The van der Waals surface area contributed by atoms with Crippen molar-refractivity contribution < 1.29 is 14.0 Å². The van der Waals surface area contributed by atoms with Crippen LogP contribution in [0.4, 0.5) is 4.39 Å². The summed E-state index contributed by atoms with van der Waals surface area (Å²) in [5.41, 5.74) is -1.06. The maximum atomic E-state index is 13.0. The van der Waals surface area contributed by atoms with Crippen molar-refractivity contribution >= 4 is 33.7 Å². The summed E-state index contributed by atoms with van der Waals surface area (Å²) in [5, 5.41) is 1.26. The van der Waals surface area contributed by atoms with Crippen LogP contribution in [-0.2, 0) is 7.05 Å². The Morgan fingerprint density at radius 2 is 1.92 bits per heavy atom. The molecule has 4 nitrogen and oxygen atoms in total. The van der Waals surface area contributed by atoms with Crippen LogP contribution in [0, 0.1) is 5.95 Å². The lowest BCUT2D eigenvalue weighted by atomic mass is 10.3. The molecule has 0 aliphatic heterocycles. The van der Waals surface area contributed by atoms with Crippen LogP contribution < -0.4 is 0 Å². The standard InChI is InChI=1S/C6H3Cl2FN2O2/c1-11-6(9)2(4(7)12)3(10-11)5(8)13/h1H3. The lowest BCUT2D eigenvalue weighted by Crippen LogP contribution is -2.00. The van der Waals surface area contributed by atoms with Gasteiger partial charge in [0.15, 0.2) is 5.69 Å². The summed E-state index contributed by atoms with van der Waals surface area (Å²) in [6.07, 6.45) is 0. The molecule has 0 saturated carbocycles. The topological polar surface area (TPSA) is 52.0 Å². The van der Waals surface area contributed by atoms with Gasteiger partial charge in [-0.2, -0.15) is 9.49 Å². The van der Waals surface area contributed by atoms with E-state index in [4.69, 9.17) is 23.2 Å². The monoisotopic (exact) mass is 224 g/mol. The van der Waals surface area contributed by atoms with Gasteiger partial charge in [0.05, 0.1) is 0 Å². The van der Waals surface area contributed by atoms with Crippen LogP contribution in [0.5, 0.6) is 0 Å². The summed E-state index contributed by atoms with van der Waals surface area (Å²) in [7, 11) is 1.22. The minimum absolute atomic E-state index is 0.471. The highest BCUT2D eigenvalue weighted by Crippen LogP contribution is 2.16. The predicted octanol–water partition coefficient (Wildman–Crippen LogP) is 1.32. The zero-order chi connectivity index (χ0) is 10.2. The summed E-state index contributed by atoms with van der Waals surface area (Å²) in [6.45, 7) is 0. The van der Waals surface area contributed by atoms with Gasteiger partial charge in [-0.25, -0.2) is 4.68 Å². The molecule has 0 unspecified atom stereocenters. The van der Waals surface area contributed by atoms with E-state index in [0.717, 1.165) is 0 Å². The zero-order valence-electron chi connectivity index (χ0n) is 6.34. The van der Waals surface area contributed by atoms with Crippen LogP contribution in [-0.4, -0.2) is 20.3 Å². The van der Waals surface area contributed by atoms with Crippen molar-refractivity contribution in [1.29, 1.82) is 0 Å². The first-order valence-electron chi connectivity index (χ1n) is 3.07. The largest absolute Gasteiger partial charge is 0.275 e. The number of carbonyl (C=O) groups is 2. The molecule has 1 rings (SSSR count). The Bertz CT molecular complexity index is 388. The lowest BCUT2D eigenvalue weighted by Gasteiger charge is -1.89. The van der Waals surface area contributed by atoms with Crippen molar-refractivity contribution in [2.24, 2.45) is 7.05 Å². The van der Waals surface area contributed by atoms with Gasteiger partial charge in [-0.3, -0.25) is 9.59 Å². The van der Waals surface area contributed by atoms with E-state index in [1.165, 1.54) is 7.05 Å². The van der Waals surface area contributed by atoms with Crippen LogP contribution in [0.2, 0.25) is 0 Å². The highest BCUT2D eigenvalue weighted by molar-refractivity contribution is 6.71. The average Bonchev–Trinajstić information content (AvgIpc) is 2.28. The Balaban J connectivity index is 3.44. The third-order valence-corrected chi connectivity index (χ3v) is 1.73. The third kappa shape index (κ3) is 1.71. The van der Waals surface area contributed by atoms with E-state index in [1.807, 2.05) is 0 Å². The molecule has 0 aliphatic rings. The molecule has 7 heteroatoms. The minimum atomic E-state index is -1.10. The smallest absolute Gasteiger partial charge is 0.273 e. The van der Waals surface area contributed by atoms with Gasteiger partial charge < -0.3 is 0 Å². The van der Waals surface area contributed by atoms with E-state index < -0.39 is 27.7 Å². The number of hydrogen-bond donors (Lipinski definition) is 0. The summed E-state index contributed by atoms with van der Waals surface area (Å²) in [5.74, 6) is -0.982. The van der Waals surface area contributed by atoms with Gasteiger partial charge in [0, 0.05) is 7.05 Å². The molecular weight excluding hydrogens is 222 g/mol. The maximum Gasteiger partial charge on any atom is 0.273 e. The van der Waals surface area contributed by atoms with Crippen molar-refractivity contribution in [2.45, 2.75) is 0 Å². The number of hydrogen-bond acceptors (Lipinski definition) is 3. The molecule has 1 heterocycles. The Kier molecular flexibility index (Phi) is 2.68. The average molecular weight is 225 g/mol. The predicted molar refractivity (Wildman–Crippen MR) is 43.5 cm³/mol.